The number of nitrogens with one attached hydrogen (secondary N) is 1. The third-order valence-corrected chi connectivity index (χ3v) is 5.75. The molecule has 0 fully saturated rings. The number of benzene rings is 1. The van der Waals surface area contributed by atoms with Crippen molar-refractivity contribution in [2.24, 2.45) is 7.05 Å². The molecule has 0 saturated carbocycles. The molecule has 1 N–H and O–H groups in total. The monoisotopic (exact) mass is 417 g/mol. The van der Waals surface area contributed by atoms with E-state index in [1.165, 1.54) is 35.7 Å². The number of carbonyl (C=O) groups is 1. The van der Waals surface area contributed by atoms with E-state index in [4.69, 9.17) is 0 Å². The third kappa shape index (κ3) is 3.32. The van der Waals surface area contributed by atoms with Crippen LogP contribution in [0.2, 0.25) is 0 Å². The molecule has 3 heterocycles. The number of anilines is 1. The fraction of sp³-hybridized carbons (Fsp3) is 0.111. The molecule has 28 heavy (non-hydrogen) atoms. The van der Waals surface area contributed by atoms with Gasteiger partial charge in [-0.25, -0.2) is 18.7 Å². The van der Waals surface area contributed by atoms with Crippen LogP contribution < -0.4 is 5.32 Å². The number of amides is 1. The molecule has 0 atom stereocenters. The number of thiazole rings is 2. The summed E-state index contributed by atoms with van der Waals surface area (Å²) in [5.41, 5.74) is 1.09. The molecule has 10 heteroatoms. The normalized spacial score (nSPS) is 11.0. The zero-order valence-electron chi connectivity index (χ0n) is 14.7. The average Bonchev–Trinajstić information content (AvgIpc) is 3.39. The Morgan fingerprint density at radius 3 is 2.82 bits per heavy atom. The van der Waals surface area contributed by atoms with Crippen molar-refractivity contribution in [3.8, 4) is 21.3 Å². The standard InChI is InChI=1S/C18H13F2N5OS2/c1-9-3-4-10(19)14(15(9)20)16(26)23-18-22-8-13(28-18)12-7-11(24-25(12)2)17-21-5-6-27-17/h3-8H,1-2H3,(H,22,23,26). The summed E-state index contributed by atoms with van der Waals surface area (Å²) in [6.45, 7) is 1.47. The first-order valence-electron chi connectivity index (χ1n) is 8.10. The van der Waals surface area contributed by atoms with Gasteiger partial charge in [0.15, 0.2) is 5.13 Å². The van der Waals surface area contributed by atoms with Gasteiger partial charge in [-0.3, -0.25) is 14.8 Å². The summed E-state index contributed by atoms with van der Waals surface area (Å²) in [6, 6.07) is 4.22. The van der Waals surface area contributed by atoms with Crippen molar-refractivity contribution in [1.29, 1.82) is 0 Å². The van der Waals surface area contributed by atoms with Gasteiger partial charge in [0.05, 0.1) is 10.6 Å². The summed E-state index contributed by atoms with van der Waals surface area (Å²) in [5.74, 6) is -2.68. The van der Waals surface area contributed by atoms with Gasteiger partial charge in [0.2, 0.25) is 0 Å². The molecule has 4 rings (SSSR count). The molecule has 4 aromatic rings. The highest BCUT2D eigenvalue weighted by Crippen LogP contribution is 2.32. The summed E-state index contributed by atoms with van der Waals surface area (Å²) < 4.78 is 29.7. The van der Waals surface area contributed by atoms with Gasteiger partial charge in [-0.15, -0.1) is 11.3 Å². The summed E-state index contributed by atoms with van der Waals surface area (Å²) in [7, 11) is 1.79. The van der Waals surface area contributed by atoms with Crippen molar-refractivity contribution < 1.29 is 13.6 Å². The maximum absolute atomic E-state index is 14.1. The average molecular weight is 417 g/mol. The van der Waals surface area contributed by atoms with E-state index in [9.17, 15) is 13.6 Å². The number of hydrogen-bond donors (Lipinski definition) is 1. The van der Waals surface area contributed by atoms with E-state index in [0.29, 0.717) is 0 Å². The van der Waals surface area contributed by atoms with Crippen molar-refractivity contribution in [2.45, 2.75) is 6.92 Å². The van der Waals surface area contributed by atoms with Crippen molar-refractivity contribution in [3.63, 3.8) is 0 Å². The van der Waals surface area contributed by atoms with Crippen LogP contribution >= 0.6 is 22.7 Å². The molecule has 0 aliphatic rings. The van der Waals surface area contributed by atoms with Gasteiger partial charge in [0.1, 0.15) is 27.9 Å². The predicted molar refractivity (Wildman–Crippen MR) is 104 cm³/mol. The van der Waals surface area contributed by atoms with Gasteiger partial charge in [-0.05, 0) is 24.6 Å². The van der Waals surface area contributed by atoms with Crippen LogP contribution in [0.3, 0.4) is 0 Å². The lowest BCUT2D eigenvalue weighted by atomic mass is 10.1. The summed E-state index contributed by atoms with van der Waals surface area (Å²) in [5, 5.41) is 9.80. The fourth-order valence-electron chi connectivity index (χ4n) is 2.63. The maximum Gasteiger partial charge on any atom is 0.263 e. The van der Waals surface area contributed by atoms with Crippen LogP contribution in [0, 0.1) is 18.6 Å². The molecule has 0 spiro atoms. The highest BCUT2D eigenvalue weighted by atomic mass is 32.1. The quantitative estimate of drug-likeness (QED) is 0.530. The third-order valence-electron chi connectivity index (χ3n) is 4.02. The van der Waals surface area contributed by atoms with Gasteiger partial charge in [0, 0.05) is 24.8 Å². The summed E-state index contributed by atoms with van der Waals surface area (Å²) in [4.78, 5) is 21.5. The van der Waals surface area contributed by atoms with E-state index in [2.05, 4.69) is 20.4 Å². The topological polar surface area (TPSA) is 72.7 Å². The molecule has 0 saturated heterocycles. The van der Waals surface area contributed by atoms with Crippen molar-refractivity contribution >= 4 is 33.7 Å². The van der Waals surface area contributed by atoms with Gasteiger partial charge < -0.3 is 0 Å². The zero-order chi connectivity index (χ0) is 19.8. The number of aryl methyl sites for hydroxylation is 2. The molecule has 0 aliphatic carbocycles. The van der Waals surface area contributed by atoms with Crippen molar-refractivity contribution in [1.82, 2.24) is 19.7 Å². The Kier molecular flexibility index (Phi) is 4.73. The Morgan fingerprint density at radius 1 is 1.25 bits per heavy atom. The van der Waals surface area contributed by atoms with Crippen LogP contribution in [0.1, 0.15) is 15.9 Å². The highest BCUT2D eigenvalue weighted by molar-refractivity contribution is 7.19. The Labute approximate surface area is 166 Å². The van der Waals surface area contributed by atoms with Gasteiger partial charge in [0.25, 0.3) is 5.91 Å². The lowest BCUT2D eigenvalue weighted by Gasteiger charge is -2.06. The number of carbonyl (C=O) groups excluding carboxylic acids is 1. The van der Waals surface area contributed by atoms with Crippen LogP contribution in [-0.4, -0.2) is 25.7 Å². The Balaban J connectivity index is 1.59. The molecule has 0 bridgehead atoms. The highest BCUT2D eigenvalue weighted by Gasteiger charge is 2.21. The number of hydrogen-bond acceptors (Lipinski definition) is 6. The minimum Gasteiger partial charge on any atom is -0.298 e. The van der Waals surface area contributed by atoms with E-state index in [1.807, 2.05) is 11.4 Å². The van der Waals surface area contributed by atoms with Crippen LogP contribution in [0.15, 0.2) is 36.0 Å². The van der Waals surface area contributed by atoms with Crippen molar-refractivity contribution in [3.05, 3.63) is 58.7 Å². The van der Waals surface area contributed by atoms with E-state index in [0.717, 1.165) is 27.3 Å². The molecule has 1 aromatic carbocycles. The molecular formula is C18H13F2N5OS2. The van der Waals surface area contributed by atoms with Crippen LogP contribution in [0.5, 0.6) is 0 Å². The summed E-state index contributed by atoms with van der Waals surface area (Å²) in [6.07, 6.45) is 3.28. The zero-order valence-corrected chi connectivity index (χ0v) is 16.4. The lowest BCUT2D eigenvalue weighted by molar-refractivity contribution is 0.101. The number of halogens is 2. The maximum atomic E-state index is 14.1. The Morgan fingerprint density at radius 2 is 2.07 bits per heavy atom. The largest absolute Gasteiger partial charge is 0.298 e. The minimum absolute atomic E-state index is 0.191. The van der Waals surface area contributed by atoms with Gasteiger partial charge in [-0.2, -0.15) is 5.10 Å². The van der Waals surface area contributed by atoms with E-state index in [1.54, 1.807) is 24.1 Å². The first kappa shape index (κ1) is 18.4. The number of rotatable bonds is 4. The van der Waals surface area contributed by atoms with Gasteiger partial charge >= 0.3 is 0 Å². The Bertz CT molecular complexity index is 1170. The molecule has 0 aliphatic heterocycles. The Hall–Kier alpha value is -2.98. The molecule has 3 aromatic heterocycles. The molecule has 0 radical (unpaired) electrons. The molecule has 1 amide bonds. The molecule has 6 nitrogen and oxygen atoms in total. The fourth-order valence-corrected chi connectivity index (χ4v) is 4.08. The van der Waals surface area contributed by atoms with Crippen molar-refractivity contribution in [2.75, 3.05) is 5.32 Å². The second kappa shape index (κ2) is 7.21. The molecule has 142 valence electrons. The molecular weight excluding hydrogens is 404 g/mol. The smallest absolute Gasteiger partial charge is 0.263 e. The summed E-state index contributed by atoms with van der Waals surface area (Å²) >= 11 is 2.66. The second-order valence-corrected chi connectivity index (χ2v) is 7.84. The number of aromatic nitrogens is 4. The van der Waals surface area contributed by atoms with E-state index >= 15 is 0 Å². The van der Waals surface area contributed by atoms with Crippen LogP contribution in [0.4, 0.5) is 13.9 Å². The first-order chi connectivity index (χ1) is 13.4. The predicted octanol–water partition coefficient (Wildman–Crippen LogP) is 4.51. The van der Waals surface area contributed by atoms with E-state index in [-0.39, 0.29) is 10.7 Å². The van der Waals surface area contributed by atoms with Gasteiger partial charge in [-0.1, -0.05) is 17.4 Å². The van der Waals surface area contributed by atoms with Crippen LogP contribution in [0.25, 0.3) is 21.3 Å². The SMILES string of the molecule is Cc1ccc(F)c(C(=O)Nc2ncc(-c3cc(-c4nccs4)nn3C)s2)c1F. The molecule has 0 unspecified atom stereocenters. The first-order valence-corrected chi connectivity index (χ1v) is 9.79. The number of nitrogens with zero attached hydrogens (tertiary/aromatic N) is 4. The second-order valence-electron chi connectivity index (χ2n) is 5.91. The van der Waals surface area contributed by atoms with E-state index < -0.39 is 23.1 Å². The minimum atomic E-state index is -0.919. The van der Waals surface area contributed by atoms with Crippen LogP contribution in [-0.2, 0) is 7.05 Å². The lowest BCUT2D eigenvalue weighted by Crippen LogP contribution is -2.16.